The Hall–Kier alpha value is -5.34. The summed E-state index contributed by atoms with van der Waals surface area (Å²) in [6.07, 6.45) is 0. The highest BCUT2D eigenvalue weighted by Crippen LogP contribution is 2.46. The molecule has 0 radical (unpaired) electrons. The zero-order chi connectivity index (χ0) is 26.2. The smallest absolute Gasteiger partial charge is 0.0627 e. The van der Waals surface area contributed by atoms with Crippen LogP contribution >= 0.6 is 0 Å². The average molecular weight is 509 g/mol. The van der Waals surface area contributed by atoms with Gasteiger partial charge in [-0.15, -0.1) is 0 Å². The van der Waals surface area contributed by atoms with E-state index in [2.05, 4.69) is 149 Å². The Balaban J connectivity index is 1.53. The molecule has 0 saturated carbocycles. The molecule has 40 heavy (non-hydrogen) atoms. The Morgan fingerprint density at radius 3 is 1.88 bits per heavy atom. The van der Waals surface area contributed by atoms with E-state index in [1.165, 1.54) is 82.0 Å². The first kappa shape index (κ1) is 21.6. The standard InChI is InChI=1S/C38H24N2/c1-2-10-24(11-3-1)25-18-21-27(22-19-25)40-37-28-13-5-4-12-26(28)20-23-32(37)35-34-31-16-8-9-17-33(31)39-36(34)29-14-6-7-15-30(29)38(35)40/h1-23,39H. The molecule has 9 rings (SSSR count). The molecule has 186 valence electrons. The fourth-order valence-corrected chi connectivity index (χ4v) is 6.76. The minimum atomic E-state index is 1.17. The van der Waals surface area contributed by atoms with Crippen molar-refractivity contribution < 1.29 is 0 Å². The Morgan fingerprint density at radius 2 is 1.05 bits per heavy atom. The van der Waals surface area contributed by atoms with Crippen molar-refractivity contribution in [1.29, 1.82) is 0 Å². The van der Waals surface area contributed by atoms with Crippen LogP contribution in [0.4, 0.5) is 0 Å². The molecule has 1 N–H and O–H groups in total. The molecule has 0 fully saturated rings. The molecular weight excluding hydrogens is 484 g/mol. The van der Waals surface area contributed by atoms with Crippen molar-refractivity contribution >= 4 is 65.2 Å². The van der Waals surface area contributed by atoms with Gasteiger partial charge in [0.2, 0.25) is 0 Å². The number of hydrogen-bond donors (Lipinski definition) is 1. The lowest BCUT2D eigenvalue weighted by molar-refractivity contribution is 1.19. The van der Waals surface area contributed by atoms with Crippen molar-refractivity contribution in [2.24, 2.45) is 0 Å². The van der Waals surface area contributed by atoms with Crippen LogP contribution in [0.2, 0.25) is 0 Å². The molecule has 2 nitrogen and oxygen atoms in total. The van der Waals surface area contributed by atoms with Gasteiger partial charge in [0.1, 0.15) is 0 Å². The molecule has 0 spiro atoms. The van der Waals surface area contributed by atoms with Gasteiger partial charge in [0.25, 0.3) is 0 Å². The van der Waals surface area contributed by atoms with Crippen molar-refractivity contribution in [2.45, 2.75) is 0 Å². The molecule has 0 atom stereocenters. The lowest BCUT2D eigenvalue weighted by Gasteiger charge is -2.13. The first-order chi connectivity index (χ1) is 19.9. The first-order valence-corrected chi connectivity index (χ1v) is 13.8. The number of aromatic nitrogens is 2. The number of benzene rings is 7. The molecule has 0 bridgehead atoms. The minimum Gasteiger partial charge on any atom is -0.354 e. The summed E-state index contributed by atoms with van der Waals surface area (Å²) in [7, 11) is 0. The van der Waals surface area contributed by atoms with Crippen LogP contribution in [0, 0.1) is 0 Å². The third kappa shape index (κ3) is 2.88. The summed E-state index contributed by atoms with van der Waals surface area (Å²) >= 11 is 0. The predicted molar refractivity (Wildman–Crippen MR) is 171 cm³/mol. The third-order valence-electron chi connectivity index (χ3n) is 8.49. The van der Waals surface area contributed by atoms with Gasteiger partial charge in [0.15, 0.2) is 0 Å². The molecule has 0 aliphatic carbocycles. The van der Waals surface area contributed by atoms with Gasteiger partial charge >= 0.3 is 0 Å². The summed E-state index contributed by atoms with van der Waals surface area (Å²) in [6, 6.07) is 50.6. The van der Waals surface area contributed by atoms with Crippen molar-refractivity contribution in [3.8, 4) is 16.8 Å². The number of hydrogen-bond acceptors (Lipinski definition) is 0. The summed E-state index contributed by atoms with van der Waals surface area (Å²) in [5.41, 5.74) is 8.50. The van der Waals surface area contributed by atoms with Crippen molar-refractivity contribution in [2.75, 3.05) is 0 Å². The number of aromatic amines is 1. The van der Waals surface area contributed by atoms with Crippen LogP contribution < -0.4 is 0 Å². The maximum Gasteiger partial charge on any atom is 0.0627 e. The molecule has 0 amide bonds. The molecule has 2 heterocycles. The minimum absolute atomic E-state index is 1.17. The van der Waals surface area contributed by atoms with Crippen molar-refractivity contribution in [3.05, 3.63) is 140 Å². The summed E-state index contributed by atoms with van der Waals surface area (Å²) in [5.74, 6) is 0. The topological polar surface area (TPSA) is 20.7 Å². The highest BCUT2D eigenvalue weighted by molar-refractivity contribution is 6.38. The predicted octanol–water partition coefficient (Wildman–Crippen LogP) is 10.4. The van der Waals surface area contributed by atoms with Crippen LogP contribution in [0.3, 0.4) is 0 Å². The number of rotatable bonds is 2. The summed E-state index contributed by atoms with van der Waals surface area (Å²) in [6.45, 7) is 0. The molecule has 2 aromatic heterocycles. The molecule has 0 aliphatic rings. The average Bonchev–Trinajstić information content (AvgIpc) is 3.58. The number of nitrogens with one attached hydrogen (secondary N) is 1. The van der Waals surface area contributed by atoms with E-state index in [-0.39, 0.29) is 0 Å². The summed E-state index contributed by atoms with van der Waals surface area (Å²) in [5, 5.41) is 10.2. The molecule has 9 aromatic rings. The van der Waals surface area contributed by atoms with Gasteiger partial charge < -0.3 is 9.55 Å². The highest BCUT2D eigenvalue weighted by atomic mass is 15.0. The third-order valence-corrected chi connectivity index (χ3v) is 8.49. The number of fused-ring (bicyclic) bond motifs is 12. The summed E-state index contributed by atoms with van der Waals surface area (Å²) in [4.78, 5) is 3.78. The second kappa shape index (κ2) is 8.08. The van der Waals surface area contributed by atoms with Crippen molar-refractivity contribution in [3.63, 3.8) is 0 Å². The Morgan fingerprint density at radius 1 is 0.400 bits per heavy atom. The Labute approximate surface area is 230 Å². The molecule has 0 aliphatic heterocycles. The van der Waals surface area contributed by atoms with Crippen LogP contribution in [0.5, 0.6) is 0 Å². The first-order valence-electron chi connectivity index (χ1n) is 13.8. The molecule has 2 heteroatoms. The fraction of sp³-hybridized carbons (Fsp3) is 0. The van der Waals surface area contributed by atoms with E-state index in [1.54, 1.807) is 0 Å². The second-order valence-electron chi connectivity index (χ2n) is 10.6. The maximum absolute atomic E-state index is 3.78. The zero-order valence-corrected chi connectivity index (χ0v) is 21.7. The zero-order valence-electron chi connectivity index (χ0n) is 21.7. The SMILES string of the molecule is c1ccc(-c2ccc(-n3c4c5ccccc5ccc4c4c5c6ccccc6[nH]c5c5ccccc5c43)cc2)cc1. The lowest BCUT2D eigenvalue weighted by atomic mass is 9.98. The summed E-state index contributed by atoms with van der Waals surface area (Å²) < 4.78 is 2.51. The van der Waals surface area contributed by atoms with Gasteiger partial charge in [0, 0.05) is 48.9 Å². The number of H-pyrrole nitrogens is 1. The van der Waals surface area contributed by atoms with Gasteiger partial charge in [-0.3, -0.25) is 0 Å². The van der Waals surface area contributed by atoms with E-state index in [0.29, 0.717) is 0 Å². The van der Waals surface area contributed by atoms with Gasteiger partial charge in [-0.25, -0.2) is 0 Å². The number of nitrogens with zero attached hydrogens (tertiary/aromatic N) is 1. The van der Waals surface area contributed by atoms with Gasteiger partial charge in [0.05, 0.1) is 16.6 Å². The van der Waals surface area contributed by atoms with Crippen molar-refractivity contribution in [1.82, 2.24) is 9.55 Å². The van der Waals surface area contributed by atoms with Crippen LogP contribution in [0.25, 0.3) is 82.0 Å². The second-order valence-corrected chi connectivity index (χ2v) is 10.6. The van der Waals surface area contributed by atoms with Gasteiger partial charge in [-0.1, -0.05) is 121 Å². The van der Waals surface area contributed by atoms with Crippen LogP contribution in [-0.4, -0.2) is 9.55 Å². The van der Waals surface area contributed by atoms with E-state index >= 15 is 0 Å². The van der Waals surface area contributed by atoms with Gasteiger partial charge in [-0.05, 0) is 34.7 Å². The van der Waals surface area contributed by atoms with Crippen LogP contribution in [-0.2, 0) is 0 Å². The van der Waals surface area contributed by atoms with E-state index < -0.39 is 0 Å². The Bertz CT molecular complexity index is 2410. The monoisotopic (exact) mass is 508 g/mol. The molecule has 0 unspecified atom stereocenters. The van der Waals surface area contributed by atoms with E-state index in [4.69, 9.17) is 0 Å². The van der Waals surface area contributed by atoms with E-state index in [1.807, 2.05) is 0 Å². The molecular formula is C38H24N2. The van der Waals surface area contributed by atoms with Crippen LogP contribution in [0.15, 0.2) is 140 Å². The van der Waals surface area contributed by atoms with Crippen LogP contribution in [0.1, 0.15) is 0 Å². The molecule has 7 aromatic carbocycles. The number of para-hydroxylation sites is 1. The van der Waals surface area contributed by atoms with E-state index in [9.17, 15) is 0 Å². The van der Waals surface area contributed by atoms with Gasteiger partial charge in [-0.2, -0.15) is 0 Å². The maximum atomic E-state index is 3.78. The Kier molecular flexibility index (Phi) is 4.36. The highest BCUT2D eigenvalue weighted by Gasteiger charge is 2.22. The largest absolute Gasteiger partial charge is 0.354 e. The quantitative estimate of drug-likeness (QED) is 0.240. The fourth-order valence-electron chi connectivity index (χ4n) is 6.76. The normalized spacial score (nSPS) is 12.0. The van der Waals surface area contributed by atoms with E-state index in [0.717, 1.165) is 0 Å². The molecule has 0 saturated heterocycles. The lowest BCUT2D eigenvalue weighted by Crippen LogP contribution is -1.95.